The van der Waals surface area contributed by atoms with Crippen molar-refractivity contribution in [2.75, 3.05) is 14.2 Å². The number of hydrogen-bond donors (Lipinski definition) is 0. The maximum Gasteiger partial charge on any atom is 0.343 e. The SMILES string of the molecule is COC(=O)CC(N=[N+]=[N-])(O[Si](C)(C)C)C(=O)OC. The van der Waals surface area contributed by atoms with Crippen molar-refractivity contribution in [2.45, 2.75) is 31.8 Å². The van der Waals surface area contributed by atoms with Crippen LogP contribution in [0.2, 0.25) is 19.6 Å². The molecule has 0 rings (SSSR count). The molecule has 0 N–H and O–H groups in total. The van der Waals surface area contributed by atoms with Gasteiger partial charge in [0, 0.05) is 4.91 Å². The molecule has 9 heteroatoms. The van der Waals surface area contributed by atoms with Gasteiger partial charge in [0.2, 0.25) is 5.72 Å². The number of azide groups is 1. The monoisotopic (exact) mass is 275 g/mol. The van der Waals surface area contributed by atoms with Gasteiger partial charge in [-0.1, -0.05) is 0 Å². The number of carbonyl (C=O) groups is 2. The van der Waals surface area contributed by atoms with Gasteiger partial charge in [0.15, 0.2) is 8.32 Å². The highest BCUT2D eigenvalue weighted by atomic mass is 28.4. The topological polar surface area (TPSA) is 111 Å². The van der Waals surface area contributed by atoms with E-state index in [1.54, 1.807) is 19.6 Å². The van der Waals surface area contributed by atoms with E-state index in [0.717, 1.165) is 14.2 Å². The number of hydrogen-bond acceptors (Lipinski definition) is 6. The fraction of sp³-hybridized carbons (Fsp3) is 0.778. The van der Waals surface area contributed by atoms with Gasteiger partial charge in [0.1, 0.15) is 0 Å². The summed E-state index contributed by atoms with van der Waals surface area (Å²) in [6, 6.07) is 0. The van der Waals surface area contributed by atoms with Crippen molar-refractivity contribution in [3.05, 3.63) is 10.4 Å². The van der Waals surface area contributed by atoms with Crippen LogP contribution < -0.4 is 0 Å². The Morgan fingerprint density at radius 1 is 1.28 bits per heavy atom. The second-order valence-corrected chi connectivity index (χ2v) is 8.86. The zero-order chi connectivity index (χ0) is 14.4. The fourth-order valence-electron chi connectivity index (χ4n) is 1.25. The minimum atomic E-state index is -2.26. The zero-order valence-corrected chi connectivity index (χ0v) is 12.1. The molecular weight excluding hydrogens is 258 g/mol. The van der Waals surface area contributed by atoms with Crippen molar-refractivity contribution >= 4 is 20.3 Å². The van der Waals surface area contributed by atoms with Crippen LogP contribution >= 0.6 is 0 Å². The van der Waals surface area contributed by atoms with Crippen LogP contribution in [0.5, 0.6) is 0 Å². The molecule has 102 valence electrons. The lowest BCUT2D eigenvalue weighted by Gasteiger charge is -2.31. The smallest absolute Gasteiger partial charge is 0.343 e. The van der Waals surface area contributed by atoms with Gasteiger partial charge in [-0.25, -0.2) is 4.79 Å². The molecule has 0 spiro atoms. The second-order valence-electron chi connectivity index (χ2n) is 4.43. The molecule has 0 aromatic rings. The molecule has 1 unspecified atom stereocenters. The van der Waals surface area contributed by atoms with E-state index in [9.17, 15) is 9.59 Å². The summed E-state index contributed by atoms with van der Waals surface area (Å²) in [5.74, 6) is -1.65. The Bertz CT molecular complexity index is 375. The zero-order valence-electron chi connectivity index (χ0n) is 11.1. The van der Waals surface area contributed by atoms with Crippen molar-refractivity contribution in [2.24, 2.45) is 5.11 Å². The standard InChI is InChI=1S/C9H17N3O5Si/c1-15-7(13)6-9(11-12-10,8(14)16-2)17-18(3,4)5/h6H2,1-5H3. The molecule has 0 aliphatic carbocycles. The lowest BCUT2D eigenvalue weighted by molar-refractivity contribution is -0.166. The molecule has 1 atom stereocenters. The van der Waals surface area contributed by atoms with Crippen LogP contribution in [0.1, 0.15) is 6.42 Å². The van der Waals surface area contributed by atoms with E-state index < -0.39 is 32.4 Å². The molecule has 0 saturated heterocycles. The minimum absolute atomic E-state index is 0.523. The first-order valence-electron chi connectivity index (χ1n) is 5.12. The second kappa shape index (κ2) is 6.38. The molecule has 0 aliphatic heterocycles. The Morgan fingerprint density at radius 2 is 1.83 bits per heavy atom. The molecule has 8 nitrogen and oxygen atoms in total. The lowest BCUT2D eigenvalue weighted by Crippen LogP contribution is -2.49. The van der Waals surface area contributed by atoms with Crippen molar-refractivity contribution in [3.63, 3.8) is 0 Å². The van der Waals surface area contributed by atoms with Crippen LogP contribution in [0.25, 0.3) is 10.4 Å². The summed E-state index contributed by atoms with van der Waals surface area (Å²) in [4.78, 5) is 25.6. The summed E-state index contributed by atoms with van der Waals surface area (Å²) < 4.78 is 14.5. The van der Waals surface area contributed by atoms with Crippen LogP contribution in [-0.4, -0.2) is 40.2 Å². The Morgan fingerprint density at radius 3 is 2.17 bits per heavy atom. The van der Waals surface area contributed by atoms with Gasteiger partial charge in [0.05, 0.1) is 20.6 Å². The highest BCUT2D eigenvalue weighted by Gasteiger charge is 2.46. The molecule has 0 heterocycles. The maximum absolute atomic E-state index is 11.8. The Kier molecular flexibility index (Phi) is 5.83. The first-order valence-corrected chi connectivity index (χ1v) is 8.53. The molecule has 0 aliphatic rings. The van der Waals surface area contributed by atoms with Gasteiger partial charge < -0.3 is 13.9 Å². The molecule has 18 heavy (non-hydrogen) atoms. The first kappa shape index (κ1) is 16.4. The first-order chi connectivity index (χ1) is 8.20. The number of ether oxygens (including phenoxy) is 2. The van der Waals surface area contributed by atoms with E-state index in [0.29, 0.717) is 0 Å². The summed E-state index contributed by atoms with van der Waals surface area (Å²) >= 11 is 0. The van der Waals surface area contributed by atoms with Crippen molar-refractivity contribution in [3.8, 4) is 0 Å². The van der Waals surface area contributed by atoms with Crippen molar-refractivity contribution in [1.82, 2.24) is 0 Å². The van der Waals surface area contributed by atoms with E-state index in [2.05, 4.69) is 19.5 Å². The predicted octanol–water partition coefficient (Wildman–Crippen LogP) is 1.58. The van der Waals surface area contributed by atoms with Gasteiger partial charge in [-0.3, -0.25) is 4.79 Å². The van der Waals surface area contributed by atoms with E-state index >= 15 is 0 Å². The number of methoxy groups -OCH3 is 2. The third-order valence-electron chi connectivity index (χ3n) is 1.80. The number of carbonyl (C=O) groups excluding carboxylic acids is 2. The summed E-state index contributed by atoms with van der Waals surface area (Å²) in [6.07, 6.45) is -0.523. The Labute approximate surface area is 106 Å². The van der Waals surface area contributed by atoms with Crippen LogP contribution in [0.4, 0.5) is 0 Å². The molecule has 0 bridgehead atoms. The number of rotatable bonds is 6. The van der Waals surface area contributed by atoms with Gasteiger partial charge in [-0.2, -0.15) is 0 Å². The van der Waals surface area contributed by atoms with Crippen LogP contribution in [-0.2, 0) is 23.5 Å². The van der Waals surface area contributed by atoms with Crippen LogP contribution in [0, 0.1) is 0 Å². The van der Waals surface area contributed by atoms with E-state index in [1.807, 2.05) is 0 Å². The lowest BCUT2D eigenvalue weighted by atomic mass is 10.1. The fourth-order valence-corrected chi connectivity index (χ4v) is 2.46. The average Bonchev–Trinajstić information content (AvgIpc) is 2.25. The molecule has 0 amide bonds. The highest BCUT2D eigenvalue weighted by molar-refractivity contribution is 6.70. The molecule has 0 radical (unpaired) electrons. The number of nitrogens with zero attached hydrogens (tertiary/aromatic N) is 3. The van der Waals surface area contributed by atoms with Crippen molar-refractivity contribution in [1.29, 1.82) is 0 Å². The largest absolute Gasteiger partial charge is 0.469 e. The quantitative estimate of drug-likeness (QED) is 0.240. The molecule has 0 aromatic heterocycles. The molecule has 0 aromatic carbocycles. The van der Waals surface area contributed by atoms with Crippen LogP contribution in [0.3, 0.4) is 0 Å². The Balaban J connectivity index is 5.49. The van der Waals surface area contributed by atoms with Gasteiger partial charge in [-0.15, -0.1) is 0 Å². The summed E-state index contributed by atoms with van der Waals surface area (Å²) in [6.45, 7) is 5.36. The maximum atomic E-state index is 11.8. The third-order valence-corrected chi connectivity index (χ3v) is 2.75. The minimum Gasteiger partial charge on any atom is -0.469 e. The highest BCUT2D eigenvalue weighted by Crippen LogP contribution is 2.26. The van der Waals surface area contributed by atoms with Gasteiger partial charge >= 0.3 is 11.9 Å². The van der Waals surface area contributed by atoms with E-state index in [1.165, 1.54) is 0 Å². The summed E-state index contributed by atoms with van der Waals surface area (Å²) in [5, 5.41) is 3.32. The normalized spacial score (nSPS) is 14.1. The predicted molar refractivity (Wildman–Crippen MR) is 65.0 cm³/mol. The van der Waals surface area contributed by atoms with Gasteiger partial charge in [-0.05, 0) is 30.3 Å². The average molecular weight is 275 g/mol. The van der Waals surface area contributed by atoms with Gasteiger partial charge in [0.25, 0.3) is 0 Å². The van der Waals surface area contributed by atoms with E-state index in [4.69, 9.17) is 9.96 Å². The van der Waals surface area contributed by atoms with Crippen LogP contribution in [0.15, 0.2) is 5.11 Å². The third kappa shape index (κ3) is 4.74. The van der Waals surface area contributed by atoms with Crippen molar-refractivity contribution < 1.29 is 23.5 Å². The molecule has 0 fully saturated rings. The molecule has 0 saturated carbocycles. The summed E-state index contributed by atoms with van der Waals surface area (Å²) in [5.41, 5.74) is 6.56. The summed E-state index contributed by atoms with van der Waals surface area (Å²) in [7, 11) is 0.0196. The van der Waals surface area contributed by atoms with E-state index in [-0.39, 0.29) is 0 Å². The molecular formula is C9H17N3O5Si. The number of esters is 2. The Hall–Kier alpha value is -1.57.